The van der Waals surface area contributed by atoms with Crippen LogP contribution in [0.25, 0.3) is 37.8 Å². The quantitative estimate of drug-likeness (QED) is 0.182. The van der Waals surface area contributed by atoms with Crippen LogP contribution in [0.4, 0.5) is 19.0 Å². The first kappa shape index (κ1) is 31.5. The van der Waals surface area contributed by atoms with Crippen molar-refractivity contribution < 1.29 is 22.7 Å². The average Bonchev–Trinajstić information content (AvgIpc) is 3.37. The van der Waals surface area contributed by atoms with Crippen molar-refractivity contribution in [1.29, 1.82) is 0 Å². The molecule has 1 amide bonds. The molecule has 238 valence electrons. The lowest BCUT2D eigenvalue weighted by Crippen LogP contribution is -2.56. The third kappa shape index (κ3) is 5.81. The summed E-state index contributed by atoms with van der Waals surface area (Å²) in [4.78, 5) is 34.8. The molecule has 0 bridgehead atoms. The molecule has 2 saturated heterocycles. The second kappa shape index (κ2) is 12.7. The zero-order chi connectivity index (χ0) is 32.7. The van der Waals surface area contributed by atoms with E-state index in [0.717, 1.165) is 13.0 Å². The van der Waals surface area contributed by atoms with Crippen molar-refractivity contribution in [2.45, 2.75) is 25.4 Å². The summed E-state index contributed by atoms with van der Waals surface area (Å²) < 4.78 is 51.1. The van der Waals surface area contributed by atoms with Gasteiger partial charge in [0.1, 0.15) is 35.5 Å². The number of carbonyl (C=O) groups excluding carboxylic acids is 1. The number of anilines is 1. The van der Waals surface area contributed by atoms with Gasteiger partial charge in [0.25, 0.3) is 5.91 Å². The van der Waals surface area contributed by atoms with E-state index in [1.54, 1.807) is 29.2 Å². The number of likely N-dealkylation sites (N-methyl/N-ethyl adjacent to an activating group) is 1. The van der Waals surface area contributed by atoms with Gasteiger partial charge in [0, 0.05) is 49.4 Å². The van der Waals surface area contributed by atoms with Crippen molar-refractivity contribution in [3.63, 3.8) is 0 Å². The third-order valence-corrected chi connectivity index (χ3v) is 9.08. The highest BCUT2D eigenvalue weighted by molar-refractivity contribution is 6.36. The summed E-state index contributed by atoms with van der Waals surface area (Å²) in [6, 6.07) is 7.29. The molecule has 2 aromatic heterocycles. The maximum atomic E-state index is 16.6. The van der Waals surface area contributed by atoms with Gasteiger partial charge in [0.05, 0.1) is 10.4 Å². The highest BCUT2D eigenvalue weighted by atomic mass is 35.5. The third-order valence-electron chi connectivity index (χ3n) is 8.71. The standard InChI is InChI=1S/C33H31ClF3N7O2/c1-18-12-21(42(4)15-18)17-46-33-40-30-24(31(41-33)43-10-11-44(32(45)19(2)35)22(16-43)13-38-3)14-39-29(28(30)37)23-7-5-6-20-8-9-25(36)27(34)26(20)23/h5-9,14,18,21-22H,2,10-13,15-17H2,1,4H3/t18-,21-,22-/m0/s1. The number of nitrogens with zero attached hydrogens (tertiary/aromatic N) is 7. The van der Waals surface area contributed by atoms with Gasteiger partial charge >= 0.3 is 6.01 Å². The molecule has 0 unspecified atom stereocenters. The number of carbonyl (C=O) groups is 1. The molecule has 4 aromatic rings. The fourth-order valence-electron chi connectivity index (χ4n) is 6.48. The summed E-state index contributed by atoms with van der Waals surface area (Å²) in [6.07, 6.45) is 2.36. The maximum Gasteiger partial charge on any atom is 0.319 e. The second-order valence-corrected chi connectivity index (χ2v) is 12.2. The molecule has 46 heavy (non-hydrogen) atoms. The number of piperazine rings is 1. The summed E-state index contributed by atoms with van der Waals surface area (Å²) in [5.74, 6) is -2.60. The monoisotopic (exact) mass is 649 g/mol. The van der Waals surface area contributed by atoms with Crippen LogP contribution in [0.1, 0.15) is 13.3 Å². The number of ether oxygens (including phenoxy) is 1. The number of halogens is 4. The molecule has 6 rings (SSSR count). The topological polar surface area (TPSA) is 79.1 Å². The van der Waals surface area contributed by atoms with Crippen molar-refractivity contribution in [1.82, 2.24) is 24.8 Å². The van der Waals surface area contributed by atoms with Crippen LogP contribution in [-0.4, -0.2) is 89.1 Å². The van der Waals surface area contributed by atoms with Crippen molar-refractivity contribution in [3.8, 4) is 17.3 Å². The van der Waals surface area contributed by atoms with Gasteiger partial charge in [0.15, 0.2) is 11.6 Å². The van der Waals surface area contributed by atoms with Crippen LogP contribution in [0, 0.1) is 24.1 Å². The smallest absolute Gasteiger partial charge is 0.319 e. The number of hydrogen-bond donors (Lipinski definition) is 0. The maximum absolute atomic E-state index is 16.6. The van der Waals surface area contributed by atoms with Crippen molar-refractivity contribution in [2.75, 3.05) is 51.3 Å². The number of likely N-dealkylation sites (tertiary alicyclic amines) is 1. The predicted molar refractivity (Wildman–Crippen MR) is 170 cm³/mol. The van der Waals surface area contributed by atoms with Gasteiger partial charge in [-0.05, 0) is 30.8 Å². The molecule has 2 aromatic carbocycles. The Morgan fingerprint density at radius 2 is 1.98 bits per heavy atom. The molecule has 2 aliphatic rings. The SMILES string of the molecule is [C-]#[N+]C[C@H]1CN(c2nc(OC[C@@H]3C[C@H](C)CN3C)nc3c(F)c(-c4cccc5ccc(F)c(Cl)c45)ncc23)CCN1C(=O)C(=C)F. The second-order valence-electron chi connectivity index (χ2n) is 11.9. The normalized spacial score (nSPS) is 20.3. The molecule has 0 N–H and O–H groups in total. The molecule has 2 aliphatic heterocycles. The number of hydrogen-bond acceptors (Lipinski definition) is 7. The van der Waals surface area contributed by atoms with Crippen LogP contribution in [0.15, 0.2) is 48.9 Å². The van der Waals surface area contributed by atoms with Crippen LogP contribution < -0.4 is 9.64 Å². The van der Waals surface area contributed by atoms with Gasteiger partial charge < -0.3 is 19.4 Å². The summed E-state index contributed by atoms with van der Waals surface area (Å²) in [5.41, 5.74) is 0.148. The Bertz CT molecular complexity index is 1900. The Kier molecular flexibility index (Phi) is 8.72. The van der Waals surface area contributed by atoms with Gasteiger partial charge in [-0.2, -0.15) is 9.97 Å². The first-order chi connectivity index (χ1) is 22.1. The lowest BCUT2D eigenvalue weighted by Gasteiger charge is -2.39. The van der Waals surface area contributed by atoms with Crippen LogP contribution in [-0.2, 0) is 4.79 Å². The summed E-state index contributed by atoms with van der Waals surface area (Å²) in [7, 11) is 2.02. The van der Waals surface area contributed by atoms with Gasteiger partial charge in [-0.15, -0.1) is 0 Å². The van der Waals surface area contributed by atoms with E-state index in [1.807, 2.05) is 7.05 Å². The van der Waals surface area contributed by atoms with E-state index in [4.69, 9.17) is 22.9 Å². The molecule has 0 radical (unpaired) electrons. The Balaban J connectivity index is 1.46. The minimum Gasteiger partial charge on any atom is -0.462 e. The molecular weight excluding hydrogens is 619 g/mol. The number of rotatable bonds is 7. The van der Waals surface area contributed by atoms with E-state index < -0.39 is 29.4 Å². The van der Waals surface area contributed by atoms with Crippen LogP contribution in [0.3, 0.4) is 0 Å². The van der Waals surface area contributed by atoms with E-state index in [-0.39, 0.29) is 66.5 Å². The van der Waals surface area contributed by atoms with Crippen LogP contribution >= 0.6 is 11.6 Å². The molecule has 13 heteroatoms. The van der Waals surface area contributed by atoms with Crippen molar-refractivity contribution >= 4 is 45.0 Å². The average molecular weight is 650 g/mol. The zero-order valence-corrected chi connectivity index (χ0v) is 26.1. The highest BCUT2D eigenvalue weighted by Crippen LogP contribution is 2.38. The lowest BCUT2D eigenvalue weighted by molar-refractivity contribution is -0.131. The summed E-state index contributed by atoms with van der Waals surface area (Å²) >= 11 is 6.36. The van der Waals surface area contributed by atoms with E-state index in [2.05, 4.69) is 38.2 Å². The minimum atomic E-state index is -1.11. The fraction of sp³-hybridized carbons (Fsp3) is 0.364. The zero-order valence-electron chi connectivity index (χ0n) is 25.3. The molecule has 3 atom stereocenters. The molecule has 0 saturated carbocycles. The first-order valence-electron chi connectivity index (χ1n) is 14.9. The van der Waals surface area contributed by atoms with Crippen LogP contribution in [0.5, 0.6) is 6.01 Å². The molecule has 0 aliphatic carbocycles. The largest absolute Gasteiger partial charge is 0.462 e. The Morgan fingerprint density at radius 1 is 1.17 bits per heavy atom. The fourth-order valence-corrected chi connectivity index (χ4v) is 6.75. The van der Waals surface area contributed by atoms with Gasteiger partial charge in [-0.3, -0.25) is 14.7 Å². The number of pyridine rings is 1. The molecular formula is C33H31ClF3N7O2. The molecule has 2 fully saturated rings. The number of amides is 1. The van der Waals surface area contributed by atoms with E-state index in [1.165, 1.54) is 17.2 Å². The highest BCUT2D eigenvalue weighted by Gasteiger charge is 2.36. The Morgan fingerprint density at radius 3 is 2.70 bits per heavy atom. The van der Waals surface area contributed by atoms with Gasteiger partial charge in [-0.1, -0.05) is 49.4 Å². The Hall–Kier alpha value is -4.47. The van der Waals surface area contributed by atoms with E-state index in [0.29, 0.717) is 28.1 Å². The molecule has 0 spiro atoms. The predicted octanol–water partition coefficient (Wildman–Crippen LogP) is 5.92. The Labute approximate surface area is 269 Å². The number of aromatic nitrogens is 3. The summed E-state index contributed by atoms with van der Waals surface area (Å²) in [6.45, 7) is 14.2. The molecule has 4 heterocycles. The first-order valence-corrected chi connectivity index (χ1v) is 15.2. The van der Waals surface area contributed by atoms with Crippen LogP contribution in [0.2, 0.25) is 5.02 Å². The van der Waals surface area contributed by atoms with E-state index in [9.17, 15) is 13.6 Å². The summed E-state index contributed by atoms with van der Waals surface area (Å²) in [5, 5.41) is 1.05. The van der Waals surface area contributed by atoms with E-state index >= 15 is 4.39 Å². The van der Waals surface area contributed by atoms with Gasteiger partial charge in [0.2, 0.25) is 6.54 Å². The van der Waals surface area contributed by atoms with Crippen molar-refractivity contribution in [2.24, 2.45) is 5.92 Å². The van der Waals surface area contributed by atoms with Crippen molar-refractivity contribution in [3.05, 3.63) is 77.0 Å². The number of benzene rings is 2. The van der Waals surface area contributed by atoms with Gasteiger partial charge in [-0.25, -0.2) is 19.7 Å². The lowest BCUT2D eigenvalue weighted by atomic mass is 10.0. The molecule has 9 nitrogen and oxygen atoms in total. The minimum absolute atomic E-state index is 0.0501. The number of fused-ring (bicyclic) bond motifs is 2.